The largest absolute Gasteiger partial charge is 0.493 e. The number of fused-ring (bicyclic) bond motifs is 3. The van der Waals surface area contributed by atoms with Crippen molar-refractivity contribution in [1.82, 2.24) is 0 Å². The average molecular weight is 589 g/mol. The molecule has 5 nitrogen and oxygen atoms in total. The average Bonchev–Trinajstić information content (AvgIpc) is 3.35. The molecule has 0 saturated heterocycles. The van der Waals surface area contributed by atoms with Crippen molar-refractivity contribution in [2.75, 3.05) is 12.4 Å². The predicted molar refractivity (Wildman–Crippen MR) is 146 cm³/mol. The molecular weight excluding hydrogens is 565 g/mol. The van der Waals surface area contributed by atoms with Crippen LogP contribution in [-0.2, 0) is 6.61 Å². The molecule has 2 aliphatic rings. The van der Waals surface area contributed by atoms with Gasteiger partial charge in [-0.2, -0.15) is 0 Å². The number of ether oxygens (including phenoxy) is 2. The van der Waals surface area contributed by atoms with Crippen molar-refractivity contribution < 1.29 is 19.4 Å². The molecule has 0 fully saturated rings. The Balaban J connectivity index is 1.48. The van der Waals surface area contributed by atoms with E-state index in [2.05, 4.69) is 33.4 Å². The zero-order valence-corrected chi connectivity index (χ0v) is 22.7. The first-order valence-corrected chi connectivity index (χ1v) is 13.1. The van der Waals surface area contributed by atoms with Crippen molar-refractivity contribution in [3.8, 4) is 11.5 Å². The fourth-order valence-electron chi connectivity index (χ4n) is 5.22. The maximum absolute atomic E-state index is 11.8. The Morgan fingerprint density at radius 1 is 1.17 bits per heavy atom. The van der Waals surface area contributed by atoms with Crippen LogP contribution < -0.4 is 14.8 Å². The molecule has 5 rings (SSSR count). The maximum atomic E-state index is 11.8. The third-order valence-electron chi connectivity index (χ3n) is 7.01. The van der Waals surface area contributed by atoms with Gasteiger partial charge in [-0.05, 0) is 87.8 Å². The number of hydrogen-bond donors (Lipinski definition) is 2. The van der Waals surface area contributed by atoms with Crippen LogP contribution >= 0.6 is 39.1 Å². The fraction of sp³-hybridized carbons (Fsp3) is 0.250. The summed E-state index contributed by atoms with van der Waals surface area (Å²) in [6.07, 6.45) is 5.37. The molecule has 0 amide bonds. The van der Waals surface area contributed by atoms with E-state index < -0.39 is 5.97 Å². The lowest BCUT2D eigenvalue weighted by molar-refractivity contribution is 0.0696. The minimum Gasteiger partial charge on any atom is -0.493 e. The second-order valence-corrected chi connectivity index (χ2v) is 10.7. The van der Waals surface area contributed by atoms with E-state index in [9.17, 15) is 9.90 Å². The van der Waals surface area contributed by atoms with Crippen molar-refractivity contribution >= 4 is 50.8 Å². The number of rotatable bonds is 6. The van der Waals surface area contributed by atoms with Gasteiger partial charge in [-0.3, -0.25) is 0 Å². The molecule has 2 N–H and O–H groups in total. The Morgan fingerprint density at radius 3 is 2.69 bits per heavy atom. The van der Waals surface area contributed by atoms with Gasteiger partial charge in [-0.15, -0.1) is 0 Å². The molecular formula is C28H24BrCl2NO4. The van der Waals surface area contributed by atoms with Gasteiger partial charge in [0.05, 0.1) is 33.2 Å². The van der Waals surface area contributed by atoms with E-state index in [0.717, 1.165) is 38.8 Å². The summed E-state index contributed by atoms with van der Waals surface area (Å²) in [6, 6.07) is 13.0. The lowest BCUT2D eigenvalue weighted by Crippen LogP contribution is -2.30. The van der Waals surface area contributed by atoms with Crippen LogP contribution in [0.2, 0.25) is 10.0 Å². The molecule has 1 aliphatic carbocycles. The van der Waals surface area contributed by atoms with Crippen LogP contribution in [0.4, 0.5) is 5.69 Å². The van der Waals surface area contributed by atoms with Gasteiger partial charge in [0.1, 0.15) is 6.61 Å². The smallest absolute Gasteiger partial charge is 0.336 e. The van der Waals surface area contributed by atoms with Gasteiger partial charge in [0.2, 0.25) is 0 Å². The highest BCUT2D eigenvalue weighted by Crippen LogP contribution is 2.52. The second kappa shape index (κ2) is 10.0. The number of nitrogens with one attached hydrogen (secondary N) is 1. The quantitative estimate of drug-likeness (QED) is 0.284. The number of benzene rings is 3. The second-order valence-electron chi connectivity index (χ2n) is 9.05. The lowest BCUT2D eigenvalue weighted by atomic mass is 9.76. The van der Waals surface area contributed by atoms with Crippen LogP contribution in [0.3, 0.4) is 0 Å². The van der Waals surface area contributed by atoms with E-state index in [-0.39, 0.29) is 12.0 Å². The summed E-state index contributed by atoms with van der Waals surface area (Å²) >= 11 is 15.9. The monoisotopic (exact) mass is 587 g/mol. The van der Waals surface area contributed by atoms with Crippen molar-refractivity contribution in [1.29, 1.82) is 0 Å². The number of anilines is 1. The summed E-state index contributed by atoms with van der Waals surface area (Å²) in [7, 11) is 1.62. The molecule has 36 heavy (non-hydrogen) atoms. The molecule has 0 radical (unpaired) electrons. The van der Waals surface area contributed by atoms with Crippen LogP contribution in [0.25, 0.3) is 0 Å². The SMILES string of the molecule is COc1cc([C@@H]2Nc3c(ccc(C(=O)O)c3C)[C@H]3C=CC[C@@H]32)cc(Br)c1OCc1ccc(Cl)c(Cl)c1. The van der Waals surface area contributed by atoms with Gasteiger partial charge in [0, 0.05) is 11.6 Å². The molecule has 0 unspecified atom stereocenters. The number of allylic oxidation sites excluding steroid dienone is 2. The standard InChI is InChI=1S/C28H24BrCl2NO4/c1-14-17(28(33)34)7-8-20-18-4-3-5-19(18)26(32-25(14)20)16-11-21(29)27(24(12-16)35-2)36-13-15-6-9-22(30)23(31)10-15/h3-4,6-12,18-19,26,32H,5,13H2,1-2H3,(H,33,34)/t18-,19-,26-/m0/s1. The van der Waals surface area contributed by atoms with Crippen molar-refractivity contribution in [3.63, 3.8) is 0 Å². The summed E-state index contributed by atoms with van der Waals surface area (Å²) < 4.78 is 12.6. The van der Waals surface area contributed by atoms with E-state index >= 15 is 0 Å². The third kappa shape index (κ3) is 4.47. The summed E-state index contributed by atoms with van der Waals surface area (Å²) in [5, 5.41) is 14.3. The van der Waals surface area contributed by atoms with Crippen molar-refractivity contribution in [3.05, 3.63) is 97.0 Å². The van der Waals surface area contributed by atoms with Gasteiger partial charge in [-0.25, -0.2) is 4.79 Å². The van der Waals surface area contributed by atoms with E-state index in [4.69, 9.17) is 32.7 Å². The van der Waals surface area contributed by atoms with Gasteiger partial charge >= 0.3 is 5.97 Å². The molecule has 0 bridgehead atoms. The Bertz CT molecular complexity index is 1390. The normalized spacial score (nSPS) is 19.9. The summed E-state index contributed by atoms with van der Waals surface area (Å²) in [5.41, 5.74) is 5.01. The molecule has 0 saturated carbocycles. The lowest BCUT2D eigenvalue weighted by Gasteiger charge is -2.39. The predicted octanol–water partition coefficient (Wildman–Crippen LogP) is 8.18. The Kier molecular flexibility index (Phi) is 6.95. The van der Waals surface area contributed by atoms with Crippen LogP contribution in [0.1, 0.15) is 51.0 Å². The number of halogens is 3. The fourth-order valence-corrected chi connectivity index (χ4v) is 6.12. The molecule has 1 aliphatic heterocycles. The topological polar surface area (TPSA) is 67.8 Å². The number of carbonyl (C=O) groups is 1. The summed E-state index contributed by atoms with van der Waals surface area (Å²) in [6.45, 7) is 2.16. The molecule has 1 heterocycles. The highest BCUT2D eigenvalue weighted by Gasteiger charge is 2.39. The van der Waals surface area contributed by atoms with Crippen LogP contribution in [0.5, 0.6) is 11.5 Å². The molecule has 3 aromatic carbocycles. The number of carboxylic acid groups (broad SMARTS) is 1. The Labute approximate surface area is 228 Å². The first kappa shape index (κ1) is 25.0. The molecule has 0 aromatic heterocycles. The highest BCUT2D eigenvalue weighted by molar-refractivity contribution is 9.10. The van der Waals surface area contributed by atoms with E-state index in [1.54, 1.807) is 25.3 Å². The van der Waals surface area contributed by atoms with E-state index in [1.165, 1.54) is 0 Å². The van der Waals surface area contributed by atoms with Crippen molar-refractivity contribution in [2.24, 2.45) is 5.92 Å². The van der Waals surface area contributed by atoms with Crippen LogP contribution in [0, 0.1) is 12.8 Å². The first-order valence-electron chi connectivity index (χ1n) is 11.5. The molecule has 8 heteroatoms. The van der Waals surface area contributed by atoms with Crippen molar-refractivity contribution in [2.45, 2.75) is 31.9 Å². The first-order chi connectivity index (χ1) is 17.3. The van der Waals surface area contributed by atoms with Gasteiger partial charge in [0.15, 0.2) is 11.5 Å². The minimum atomic E-state index is -0.925. The Morgan fingerprint density at radius 2 is 1.97 bits per heavy atom. The van der Waals surface area contributed by atoms with Crippen LogP contribution in [0.15, 0.2) is 59.1 Å². The molecule has 3 atom stereocenters. The number of hydrogen-bond acceptors (Lipinski definition) is 4. The Hall–Kier alpha value is -2.67. The highest BCUT2D eigenvalue weighted by atomic mass is 79.9. The summed E-state index contributed by atoms with van der Waals surface area (Å²) in [5.74, 6) is 0.778. The van der Waals surface area contributed by atoms with Gasteiger partial charge in [-0.1, -0.05) is 47.5 Å². The minimum absolute atomic E-state index is 0.0328. The summed E-state index contributed by atoms with van der Waals surface area (Å²) in [4.78, 5) is 11.8. The number of carboxylic acids is 1. The van der Waals surface area contributed by atoms with Gasteiger partial charge < -0.3 is 19.9 Å². The van der Waals surface area contributed by atoms with Crippen LogP contribution in [-0.4, -0.2) is 18.2 Å². The van der Waals surface area contributed by atoms with E-state index in [1.807, 2.05) is 31.2 Å². The number of methoxy groups -OCH3 is 1. The van der Waals surface area contributed by atoms with E-state index in [0.29, 0.717) is 39.6 Å². The zero-order chi connectivity index (χ0) is 25.6. The van der Waals surface area contributed by atoms with Gasteiger partial charge in [0.25, 0.3) is 0 Å². The molecule has 186 valence electrons. The third-order valence-corrected chi connectivity index (χ3v) is 8.33. The molecule has 0 spiro atoms. The number of aromatic carboxylic acids is 1. The molecule has 3 aromatic rings. The maximum Gasteiger partial charge on any atom is 0.336 e. The zero-order valence-electron chi connectivity index (χ0n) is 19.6.